The topological polar surface area (TPSA) is 41.5 Å². The number of nitrogens with one attached hydrogen (secondary N) is 1. The van der Waals surface area contributed by atoms with Gasteiger partial charge >= 0.3 is 0 Å². The van der Waals surface area contributed by atoms with Gasteiger partial charge in [0.25, 0.3) is 5.91 Å². The molecule has 0 heterocycles. The lowest BCUT2D eigenvalue weighted by Gasteiger charge is -2.08. The minimum absolute atomic E-state index is 0.196. The number of amides is 1. The van der Waals surface area contributed by atoms with Crippen LogP contribution in [0.4, 0.5) is 4.39 Å². The van der Waals surface area contributed by atoms with Gasteiger partial charge in [0.15, 0.2) is 0 Å². The SMILES string of the molecule is CCC(=NNC(=O)c1cccc(F)c1)c1ccc(Cl)cc1Cl. The maximum Gasteiger partial charge on any atom is 0.271 e. The third-order valence-corrected chi connectivity index (χ3v) is 3.50. The lowest BCUT2D eigenvalue weighted by Crippen LogP contribution is -2.20. The quantitative estimate of drug-likeness (QED) is 0.638. The molecule has 0 atom stereocenters. The number of hydrogen-bond acceptors (Lipinski definition) is 2. The van der Waals surface area contributed by atoms with E-state index in [2.05, 4.69) is 10.5 Å². The van der Waals surface area contributed by atoms with Crippen LogP contribution in [0.2, 0.25) is 10.0 Å². The normalized spacial score (nSPS) is 11.4. The van der Waals surface area contributed by atoms with E-state index in [1.807, 2.05) is 6.92 Å². The zero-order valence-corrected chi connectivity index (χ0v) is 13.2. The van der Waals surface area contributed by atoms with Crippen molar-refractivity contribution in [2.24, 2.45) is 5.10 Å². The highest BCUT2D eigenvalue weighted by Gasteiger charge is 2.09. The second-order valence-electron chi connectivity index (χ2n) is 4.49. The van der Waals surface area contributed by atoms with E-state index in [-0.39, 0.29) is 5.56 Å². The van der Waals surface area contributed by atoms with Crippen LogP contribution in [0.3, 0.4) is 0 Å². The number of benzene rings is 2. The Bertz CT molecular complexity index is 732. The Morgan fingerprint density at radius 2 is 2.00 bits per heavy atom. The first-order valence-electron chi connectivity index (χ1n) is 6.59. The summed E-state index contributed by atoms with van der Waals surface area (Å²) in [5, 5.41) is 5.05. The summed E-state index contributed by atoms with van der Waals surface area (Å²) in [7, 11) is 0. The van der Waals surface area contributed by atoms with E-state index in [0.29, 0.717) is 27.7 Å². The molecule has 0 fully saturated rings. The Kier molecular flexibility index (Phi) is 5.52. The fourth-order valence-electron chi connectivity index (χ4n) is 1.87. The standard InChI is InChI=1S/C16H13Cl2FN2O/c1-2-15(13-7-6-11(17)9-14(13)18)20-21-16(22)10-4-3-5-12(19)8-10/h3-9H,2H2,1H3,(H,21,22). The molecule has 2 rings (SSSR count). The fourth-order valence-corrected chi connectivity index (χ4v) is 2.38. The van der Waals surface area contributed by atoms with Crippen molar-refractivity contribution in [1.29, 1.82) is 0 Å². The molecule has 114 valence electrons. The number of carbonyl (C=O) groups is 1. The summed E-state index contributed by atoms with van der Waals surface area (Å²) in [6.45, 7) is 1.89. The van der Waals surface area contributed by atoms with Gasteiger partial charge in [-0.05, 0) is 36.8 Å². The minimum Gasteiger partial charge on any atom is -0.267 e. The molecule has 0 radical (unpaired) electrons. The highest BCUT2D eigenvalue weighted by Crippen LogP contribution is 2.22. The molecule has 0 aromatic heterocycles. The van der Waals surface area contributed by atoms with Gasteiger partial charge in [-0.25, -0.2) is 9.82 Å². The lowest BCUT2D eigenvalue weighted by molar-refractivity contribution is 0.0954. The zero-order valence-electron chi connectivity index (χ0n) is 11.7. The molecule has 0 spiro atoms. The summed E-state index contributed by atoms with van der Waals surface area (Å²) in [4.78, 5) is 11.9. The largest absolute Gasteiger partial charge is 0.271 e. The molecule has 1 amide bonds. The Hall–Kier alpha value is -1.91. The van der Waals surface area contributed by atoms with Gasteiger partial charge in [0.2, 0.25) is 0 Å². The van der Waals surface area contributed by atoms with E-state index in [4.69, 9.17) is 23.2 Å². The Labute approximate surface area is 137 Å². The van der Waals surface area contributed by atoms with Crippen molar-refractivity contribution < 1.29 is 9.18 Å². The first-order chi connectivity index (χ1) is 10.5. The van der Waals surface area contributed by atoms with Crippen LogP contribution in [0.1, 0.15) is 29.3 Å². The molecule has 0 saturated carbocycles. The van der Waals surface area contributed by atoms with Crippen LogP contribution in [0.25, 0.3) is 0 Å². The molecule has 0 unspecified atom stereocenters. The predicted molar refractivity (Wildman–Crippen MR) is 87.2 cm³/mol. The summed E-state index contributed by atoms with van der Waals surface area (Å²) in [5.41, 5.74) is 3.90. The molecule has 2 aromatic rings. The van der Waals surface area contributed by atoms with Gasteiger partial charge in [-0.1, -0.05) is 42.3 Å². The average molecular weight is 339 g/mol. The van der Waals surface area contributed by atoms with Gasteiger partial charge in [0, 0.05) is 16.1 Å². The monoisotopic (exact) mass is 338 g/mol. The minimum atomic E-state index is -0.490. The number of hydrazone groups is 1. The number of carbonyl (C=O) groups excluding carboxylic acids is 1. The highest BCUT2D eigenvalue weighted by molar-refractivity contribution is 6.37. The summed E-state index contributed by atoms with van der Waals surface area (Å²) in [6.07, 6.45) is 0.560. The van der Waals surface area contributed by atoms with Crippen LogP contribution < -0.4 is 5.43 Å². The first-order valence-corrected chi connectivity index (χ1v) is 7.34. The summed E-state index contributed by atoms with van der Waals surface area (Å²) in [5.74, 6) is -0.969. The van der Waals surface area contributed by atoms with E-state index in [9.17, 15) is 9.18 Å². The summed E-state index contributed by atoms with van der Waals surface area (Å²) < 4.78 is 13.1. The third-order valence-electron chi connectivity index (χ3n) is 2.96. The maximum atomic E-state index is 13.1. The van der Waals surface area contributed by atoms with Crippen molar-refractivity contribution in [1.82, 2.24) is 5.43 Å². The van der Waals surface area contributed by atoms with Gasteiger partial charge < -0.3 is 0 Å². The van der Waals surface area contributed by atoms with E-state index >= 15 is 0 Å². The lowest BCUT2D eigenvalue weighted by atomic mass is 10.1. The maximum absolute atomic E-state index is 13.1. The van der Waals surface area contributed by atoms with Crippen molar-refractivity contribution in [2.45, 2.75) is 13.3 Å². The molecule has 0 aliphatic heterocycles. The van der Waals surface area contributed by atoms with Crippen LogP contribution >= 0.6 is 23.2 Å². The molecule has 1 N–H and O–H groups in total. The smallest absolute Gasteiger partial charge is 0.267 e. The highest BCUT2D eigenvalue weighted by atomic mass is 35.5. The first kappa shape index (κ1) is 16.5. The second kappa shape index (κ2) is 7.38. The van der Waals surface area contributed by atoms with Crippen LogP contribution in [-0.2, 0) is 0 Å². The molecule has 0 aliphatic rings. The van der Waals surface area contributed by atoms with E-state index in [0.717, 1.165) is 6.07 Å². The van der Waals surface area contributed by atoms with Gasteiger partial charge in [-0.3, -0.25) is 4.79 Å². The number of nitrogens with zero attached hydrogens (tertiary/aromatic N) is 1. The van der Waals surface area contributed by atoms with Gasteiger partial charge in [0.05, 0.1) is 10.7 Å². The van der Waals surface area contributed by atoms with Crippen LogP contribution in [0.5, 0.6) is 0 Å². The van der Waals surface area contributed by atoms with Gasteiger partial charge in [0.1, 0.15) is 5.82 Å². The molecule has 6 heteroatoms. The molecule has 2 aromatic carbocycles. The number of hydrogen-bond donors (Lipinski definition) is 1. The molecule has 0 saturated heterocycles. The summed E-state index contributed by atoms with van der Waals surface area (Å²) >= 11 is 12.0. The molecular formula is C16H13Cl2FN2O. The zero-order chi connectivity index (χ0) is 16.1. The Morgan fingerprint density at radius 1 is 1.23 bits per heavy atom. The van der Waals surface area contributed by atoms with Crippen LogP contribution in [0, 0.1) is 5.82 Å². The van der Waals surface area contributed by atoms with Crippen molar-refractivity contribution in [3.8, 4) is 0 Å². The summed E-state index contributed by atoms with van der Waals surface area (Å²) in [6, 6.07) is 10.4. The number of rotatable bonds is 4. The fraction of sp³-hybridized carbons (Fsp3) is 0.125. The molecular weight excluding hydrogens is 326 g/mol. The van der Waals surface area contributed by atoms with Gasteiger partial charge in [-0.2, -0.15) is 5.10 Å². The van der Waals surface area contributed by atoms with Crippen molar-refractivity contribution in [3.05, 3.63) is 69.5 Å². The third kappa shape index (κ3) is 4.06. The molecule has 0 bridgehead atoms. The van der Waals surface area contributed by atoms with Crippen molar-refractivity contribution in [3.63, 3.8) is 0 Å². The predicted octanol–water partition coefficient (Wildman–Crippen LogP) is 4.68. The van der Waals surface area contributed by atoms with E-state index in [1.165, 1.54) is 18.2 Å². The van der Waals surface area contributed by atoms with Crippen LogP contribution in [0.15, 0.2) is 47.6 Å². The Morgan fingerprint density at radius 3 is 2.64 bits per heavy atom. The molecule has 3 nitrogen and oxygen atoms in total. The molecule has 22 heavy (non-hydrogen) atoms. The van der Waals surface area contributed by atoms with Crippen molar-refractivity contribution >= 4 is 34.8 Å². The van der Waals surface area contributed by atoms with E-state index < -0.39 is 11.7 Å². The van der Waals surface area contributed by atoms with E-state index in [1.54, 1.807) is 18.2 Å². The number of halogens is 3. The van der Waals surface area contributed by atoms with Crippen LogP contribution in [-0.4, -0.2) is 11.6 Å². The second-order valence-corrected chi connectivity index (χ2v) is 5.33. The molecule has 0 aliphatic carbocycles. The average Bonchev–Trinajstić information content (AvgIpc) is 2.49. The van der Waals surface area contributed by atoms with Crippen molar-refractivity contribution in [2.75, 3.05) is 0 Å². The Balaban J connectivity index is 2.21. The van der Waals surface area contributed by atoms with Gasteiger partial charge in [-0.15, -0.1) is 0 Å².